The van der Waals surface area contributed by atoms with E-state index < -0.39 is 5.41 Å². The molecule has 1 fully saturated rings. The van der Waals surface area contributed by atoms with E-state index in [2.05, 4.69) is 79.4 Å². The van der Waals surface area contributed by atoms with Crippen LogP contribution in [0.3, 0.4) is 0 Å². The van der Waals surface area contributed by atoms with E-state index in [-0.39, 0.29) is 18.1 Å². The summed E-state index contributed by atoms with van der Waals surface area (Å²) in [6, 6.07) is 21.6. The highest BCUT2D eigenvalue weighted by Gasteiger charge is 2.51. The van der Waals surface area contributed by atoms with Crippen LogP contribution in [-0.2, 0) is 16.1 Å². The van der Waals surface area contributed by atoms with Gasteiger partial charge in [-0.1, -0.05) is 74.0 Å². The first-order valence-electron chi connectivity index (χ1n) is 10.1. The molecule has 0 spiro atoms. The minimum atomic E-state index is -0.410. The zero-order chi connectivity index (χ0) is 19.3. The van der Waals surface area contributed by atoms with Gasteiger partial charge in [-0.25, -0.2) is 0 Å². The first-order chi connectivity index (χ1) is 13.1. The summed E-state index contributed by atoms with van der Waals surface area (Å²) >= 11 is 0. The predicted octanol–water partition coefficient (Wildman–Crippen LogP) is 5.37. The number of hydrogen-bond donors (Lipinski definition) is 0. The van der Waals surface area contributed by atoms with Crippen LogP contribution in [0.1, 0.15) is 56.7 Å². The van der Waals surface area contributed by atoms with Crippen molar-refractivity contribution in [3.05, 3.63) is 71.8 Å². The molecule has 0 saturated heterocycles. The number of ether oxygens (including phenoxy) is 1. The zero-order valence-electron chi connectivity index (χ0n) is 16.7. The van der Waals surface area contributed by atoms with Crippen LogP contribution in [0.5, 0.6) is 0 Å². The molecule has 0 aliphatic heterocycles. The van der Waals surface area contributed by atoms with Gasteiger partial charge in [-0.3, -0.25) is 9.69 Å². The van der Waals surface area contributed by atoms with Crippen molar-refractivity contribution in [1.29, 1.82) is 0 Å². The third-order valence-corrected chi connectivity index (χ3v) is 6.35. The minimum absolute atomic E-state index is 0.0502. The topological polar surface area (TPSA) is 29.5 Å². The van der Waals surface area contributed by atoms with Crippen molar-refractivity contribution in [2.45, 2.75) is 58.2 Å². The van der Waals surface area contributed by atoms with E-state index in [1.165, 1.54) is 18.2 Å². The molecule has 2 aromatic rings. The smallest absolute Gasteiger partial charge is 0.313 e. The first-order valence-corrected chi connectivity index (χ1v) is 10.1. The molecule has 3 atom stereocenters. The normalized spacial score (nSPS) is 23.3. The van der Waals surface area contributed by atoms with Gasteiger partial charge in [0.05, 0.1) is 12.5 Å². The monoisotopic (exact) mass is 365 g/mol. The highest BCUT2D eigenvalue weighted by molar-refractivity contribution is 5.78. The second kappa shape index (κ2) is 8.71. The molecule has 0 radical (unpaired) electrons. The third kappa shape index (κ3) is 3.93. The number of esters is 1. The van der Waals surface area contributed by atoms with Gasteiger partial charge in [0, 0.05) is 18.6 Å². The minimum Gasteiger partial charge on any atom is -0.469 e. The van der Waals surface area contributed by atoms with Crippen LogP contribution in [0.25, 0.3) is 0 Å². The van der Waals surface area contributed by atoms with Crippen LogP contribution in [0.2, 0.25) is 0 Å². The Labute approximate surface area is 163 Å². The van der Waals surface area contributed by atoms with Crippen molar-refractivity contribution in [2.24, 2.45) is 5.41 Å². The molecule has 3 nitrogen and oxygen atoms in total. The van der Waals surface area contributed by atoms with Crippen LogP contribution in [0.15, 0.2) is 60.7 Å². The molecule has 0 unspecified atom stereocenters. The summed E-state index contributed by atoms with van der Waals surface area (Å²) in [5.41, 5.74) is 2.16. The Morgan fingerprint density at radius 1 is 1.15 bits per heavy atom. The molecular formula is C24H31NO2. The van der Waals surface area contributed by atoms with Gasteiger partial charge in [0.1, 0.15) is 0 Å². The number of carbonyl (C=O) groups is 1. The average molecular weight is 366 g/mol. The van der Waals surface area contributed by atoms with Crippen molar-refractivity contribution in [3.63, 3.8) is 0 Å². The van der Waals surface area contributed by atoms with Crippen molar-refractivity contribution in [1.82, 2.24) is 4.90 Å². The van der Waals surface area contributed by atoms with E-state index in [0.29, 0.717) is 0 Å². The van der Waals surface area contributed by atoms with Gasteiger partial charge >= 0.3 is 5.97 Å². The van der Waals surface area contributed by atoms with Crippen molar-refractivity contribution in [3.8, 4) is 0 Å². The standard InChI is InChI=1S/C24H31NO2/c1-4-24(23(26)27-3)17-11-16-22(24)25(18-20-12-7-5-8-13-20)19(2)21-14-9-6-10-15-21/h5-10,12-15,19,22H,4,11,16-18H2,1-3H3/t19-,22-,24+/m1/s1. The maximum atomic E-state index is 12.8. The summed E-state index contributed by atoms with van der Waals surface area (Å²) in [4.78, 5) is 15.4. The fraction of sp³-hybridized carbons (Fsp3) is 0.458. The summed E-state index contributed by atoms with van der Waals surface area (Å²) in [6.07, 6.45) is 3.83. The lowest BCUT2D eigenvalue weighted by Crippen LogP contribution is -2.49. The summed E-state index contributed by atoms with van der Waals surface area (Å²) in [6.45, 7) is 5.22. The Kier molecular flexibility index (Phi) is 6.33. The maximum absolute atomic E-state index is 12.8. The molecule has 0 amide bonds. The van der Waals surface area contributed by atoms with Crippen LogP contribution >= 0.6 is 0 Å². The number of rotatable bonds is 7. The highest BCUT2D eigenvalue weighted by Crippen LogP contribution is 2.47. The number of methoxy groups -OCH3 is 1. The molecule has 2 aromatic carbocycles. The van der Waals surface area contributed by atoms with Crippen LogP contribution in [0, 0.1) is 5.41 Å². The van der Waals surface area contributed by atoms with Crippen LogP contribution in [-0.4, -0.2) is 24.0 Å². The van der Waals surface area contributed by atoms with E-state index in [1.54, 1.807) is 0 Å². The summed E-state index contributed by atoms with van der Waals surface area (Å²) in [5, 5.41) is 0. The largest absolute Gasteiger partial charge is 0.469 e. The molecule has 3 rings (SSSR count). The van der Waals surface area contributed by atoms with Gasteiger partial charge in [-0.05, 0) is 37.3 Å². The molecular weight excluding hydrogens is 334 g/mol. The summed E-state index contributed by atoms with van der Waals surface area (Å²) in [7, 11) is 1.53. The predicted molar refractivity (Wildman–Crippen MR) is 109 cm³/mol. The molecule has 0 bridgehead atoms. The molecule has 1 saturated carbocycles. The molecule has 0 N–H and O–H groups in total. The molecule has 3 heteroatoms. The second-order valence-electron chi connectivity index (χ2n) is 7.65. The van der Waals surface area contributed by atoms with Crippen molar-refractivity contribution >= 4 is 5.97 Å². The molecule has 0 heterocycles. The molecule has 1 aliphatic rings. The number of carbonyl (C=O) groups excluding carboxylic acids is 1. The van der Waals surface area contributed by atoms with Crippen molar-refractivity contribution in [2.75, 3.05) is 7.11 Å². The summed E-state index contributed by atoms with van der Waals surface area (Å²) in [5.74, 6) is -0.0502. The highest BCUT2D eigenvalue weighted by atomic mass is 16.5. The number of benzene rings is 2. The lowest BCUT2D eigenvalue weighted by molar-refractivity contribution is -0.157. The van der Waals surface area contributed by atoms with Gasteiger partial charge in [-0.2, -0.15) is 0 Å². The first kappa shape index (κ1) is 19.6. The molecule has 0 aromatic heterocycles. The van der Waals surface area contributed by atoms with Gasteiger partial charge in [0.25, 0.3) is 0 Å². The second-order valence-corrected chi connectivity index (χ2v) is 7.65. The summed E-state index contributed by atoms with van der Waals surface area (Å²) < 4.78 is 5.28. The Morgan fingerprint density at radius 3 is 2.37 bits per heavy atom. The van der Waals surface area contributed by atoms with Gasteiger partial charge in [0.15, 0.2) is 0 Å². The lowest BCUT2D eigenvalue weighted by atomic mass is 9.78. The number of hydrogen-bond acceptors (Lipinski definition) is 3. The zero-order valence-corrected chi connectivity index (χ0v) is 16.7. The third-order valence-electron chi connectivity index (χ3n) is 6.35. The van der Waals surface area contributed by atoms with E-state index in [9.17, 15) is 4.79 Å². The Morgan fingerprint density at radius 2 is 1.78 bits per heavy atom. The molecule has 144 valence electrons. The van der Waals surface area contributed by atoms with Crippen LogP contribution < -0.4 is 0 Å². The van der Waals surface area contributed by atoms with E-state index in [4.69, 9.17) is 4.74 Å². The van der Waals surface area contributed by atoms with Crippen LogP contribution in [0.4, 0.5) is 0 Å². The maximum Gasteiger partial charge on any atom is 0.313 e. The van der Waals surface area contributed by atoms with Gasteiger partial charge in [-0.15, -0.1) is 0 Å². The number of nitrogens with zero attached hydrogens (tertiary/aromatic N) is 1. The average Bonchev–Trinajstić information content (AvgIpc) is 3.17. The lowest BCUT2D eigenvalue weighted by Gasteiger charge is -2.43. The van der Waals surface area contributed by atoms with Crippen molar-refractivity contribution < 1.29 is 9.53 Å². The Hall–Kier alpha value is -2.13. The fourth-order valence-electron chi connectivity index (χ4n) is 4.77. The quantitative estimate of drug-likeness (QED) is 0.618. The van der Waals surface area contributed by atoms with Gasteiger partial charge < -0.3 is 4.74 Å². The molecule has 27 heavy (non-hydrogen) atoms. The Balaban J connectivity index is 1.99. The van der Waals surface area contributed by atoms with E-state index in [0.717, 1.165) is 32.2 Å². The van der Waals surface area contributed by atoms with E-state index >= 15 is 0 Å². The fourth-order valence-corrected chi connectivity index (χ4v) is 4.77. The van der Waals surface area contributed by atoms with E-state index in [1.807, 2.05) is 0 Å². The Bertz CT molecular complexity index is 731. The molecule has 1 aliphatic carbocycles. The SMILES string of the molecule is CC[C@]1(C(=O)OC)CCC[C@H]1N(Cc1ccccc1)[C@H](C)c1ccccc1. The van der Waals surface area contributed by atoms with Gasteiger partial charge in [0.2, 0.25) is 0 Å².